The highest BCUT2D eigenvalue weighted by molar-refractivity contribution is 7.90. The third-order valence-corrected chi connectivity index (χ3v) is 6.53. The maximum absolute atomic E-state index is 11.6. The van der Waals surface area contributed by atoms with Crippen LogP contribution < -0.4 is 14.8 Å². The molecule has 2 aromatic carbocycles. The van der Waals surface area contributed by atoms with Gasteiger partial charge in [-0.25, -0.2) is 8.42 Å². The van der Waals surface area contributed by atoms with Crippen molar-refractivity contribution < 1.29 is 17.9 Å². The van der Waals surface area contributed by atoms with E-state index in [1.165, 1.54) is 11.8 Å². The maximum Gasteiger partial charge on any atom is 0.231 e. The summed E-state index contributed by atoms with van der Waals surface area (Å²) in [6.45, 7) is 4.62. The van der Waals surface area contributed by atoms with Gasteiger partial charge in [-0.1, -0.05) is 6.07 Å². The average Bonchev–Trinajstić information content (AvgIpc) is 3.16. The summed E-state index contributed by atoms with van der Waals surface area (Å²) in [4.78, 5) is 4.82. The van der Waals surface area contributed by atoms with Crippen LogP contribution in [0.4, 0.5) is 5.69 Å². The number of thiocarbonyl (C=S) groups is 1. The Morgan fingerprint density at radius 3 is 2.41 bits per heavy atom. The summed E-state index contributed by atoms with van der Waals surface area (Å²) in [6.07, 6.45) is 1.20. The van der Waals surface area contributed by atoms with Gasteiger partial charge in [0.1, 0.15) is 0 Å². The van der Waals surface area contributed by atoms with Crippen LogP contribution in [0.25, 0.3) is 0 Å². The quantitative estimate of drug-likeness (QED) is 0.737. The van der Waals surface area contributed by atoms with Gasteiger partial charge in [-0.15, -0.1) is 0 Å². The highest BCUT2D eigenvalue weighted by Gasteiger charge is 2.20. The van der Waals surface area contributed by atoms with E-state index in [0.717, 1.165) is 49.9 Å². The topological polar surface area (TPSA) is 71.1 Å². The van der Waals surface area contributed by atoms with Gasteiger partial charge in [0.25, 0.3) is 0 Å². The molecule has 0 bridgehead atoms. The molecule has 2 aliphatic rings. The smallest absolute Gasteiger partial charge is 0.231 e. The first-order chi connectivity index (χ1) is 13.9. The van der Waals surface area contributed by atoms with Gasteiger partial charge in [-0.05, 0) is 54.2 Å². The Hall–Kier alpha value is -2.36. The van der Waals surface area contributed by atoms with E-state index in [4.69, 9.17) is 21.7 Å². The molecule has 29 heavy (non-hydrogen) atoms. The van der Waals surface area contributed by atoms with Gasteiger partial charge in [-0.2, -0.15) is 0 Å². The number of anilines is 1. The van der Waals surface area contributed by atoms with Gasteiger partial charge in [0.2, 0.25) is 6.79 Å². The fraction of sp³-hybridized carbons (Fsp3) is 0.350. The zero-order valence-corrected chi connectivity index (χ0v) is 17.8. The first-order valence-corrected chi connectivity index (χ1v) is 11.7. The van der Waals surface area contributed by atoms with Crippen molar-refractivity contribution in [3.8, 4) is 11.5 Å². The number of benzene rings is 2. The maximum atomic E-state index is 11.6. The minimum absolute atomic E-state index is 0.291. The summed E-state index contributed by atoms with van der Waals surface area (Å²) >= 11 is 5.53. The van der Waals surface area contributed by atoms with Crippen molar-refractivity contribution in [2.45, 2.75) is 11.4 Å². The predicted octanol–water partition coefficient (Wildman–Crippen LogP) is 2.33. The third kappa shape index (κ3) is 4.80. The molecule has 2 heterocycles. The lowest BCUT2D eigenvalue weighted by molar-refractivity contribution is 0.173. The molecule has 0 radical (unpaired) electrons. The molecule has 9 heteroatoms. The molecule has 0 saturated carbocycles. The molecule has 4 rings (SSSR count). The molecule has 1 N–H and O–H groups in total. The number of piperazine rings is 1. The summed E-state index contributed by atoms with van der Waals surface area (Å²) in [6, 6.07) is 12.7. The second-order valence-corrected chi connectivity index (χ2v) is 9.58. The zero-order chi connectivity index (χ0) is 20.4. The molecule has 2 aliphatic heterocycles. The molecular formula is C20H23N3O4S2. The Morgan fingerprint density at radius 1 is 1.03 bits per heavy atom. The molecule has 7 nitrogen and oxygen atoms in total. The fourth-order valence-corrected chi connectivity index (χ4v) is 4.33. The van der Waals surface area contributed by atoms with E-state index in [0.29, 0.717) is 16.8 Å². The Kier molecular flexibility index (Phi) is 5.62. The van der Waals surface area contributed by atoms with E-state index < -0.39 is 9.84 Å². The molecular weight excluding hydrogens is 410 g/mol. The zero-order valence-electron chi connectivity index (χ0n) is 16.1. The monoisotopic (exact) mass is 433 g/mol. The van der Waals surface area contributed by atoms with Crippen LogP contribution in [0, 0.1) is 0 Å². The van der Waals surface area contributed by atoms with Crippen molar-refractivity contribution >= 4 is 32.9 Å². The third-order valence-electron chi connectivity index (χ3n) is 5.04. The number of rotatable bonds is 4. The van der Waals surface area contributed by atoms with Gasteiger partial charge < -0.3 is 19.7 Å². The number of nitrogens with zero attached hydrogens (tertiary/aromatic N) is 2. The normalized spacial score (nSPS) is 16.7. The van der Waals surface area contributed by atoms with Crippen molar-refractivity contribution in [3.63, 3.8) is 0 Å². The lowest BCUT2D eigenvalue weighted by Gasteiger charge is -2.36. The first kappa shape index (κ1) is 19.9. The van der Waals surface area contributed by atoms with Crippen molar-refractivity contribution in [1.29, 1.82) is 0 Å². The standard InChI is InChI=1S/C20H23N3O4S2/c1-29(24,25)17-5-3-16(4-6-17)21-20(28)23-10-8-22(9-11-23)13-15-2-7-18-19(12-15)27-14-26-18/h2-7,12H,8-11,13-14H2,1H3,(H,21,28). The van der Waals surface area contributed by atoms with Crippen LogP contribution in [0.5, 0.6) is 11.5 Å². The van der Waals surface area contributed by atoms with Gasteiger partial charge in [0, 0.05) is 44.7 Å². The Bertz CT molecular complexity index is 1000. The van der Waals surface area contributed by atoms with Gasteiger partial charge in [0.15, 0.2) is 26.4 Å². The lowest BCUT2D eigenvalue weighted by Crippen LogP contribution is -2.49. The van der Waals surface area contributed by atoms with Gasteiger partial charge in [0.05, 0.1) is 4.90 Å². The molecule has 0 atom stereocenters. The Balaban J connectivity index is 1.28. The molecule has 2 aromatic rings. The Labute approximate surface area is 176 Å². The first-order valence-electron chi connectivity index (χ1n) is 9.35. The summed E-state index contributed by atoms with van der Waals surface area (Å²) in [7, 11) is -3.20. The van der Waals surface area contributed by atoms with Crippen molar-refractivity contribution in [2.75, 3.05) is 44.5 Å². The van der Waals surface area contributed by atoms with E-state index in [2.05, 4.69) is 21.2 Å². The van der Waals surface area contributed by atoms with E-state index in [-0.39, 0.29) is 0 Å². The van der Waals surface area contributed by atoms with Crippen molar-refractivity contribution in [2.24, 2.45) is 0 Å². The van der Waals surface area contributed by atoms with Crippen LogP contribution in [-0.2, 0) is 16.4 Å². The van der Waals surface area contributed by atoms with Crippen LogP contribution in [0.2, 0.25) is 0 Å². The minimum atomic E-state index is -3.20. The lowest BCUT2D eigenvalue weighted by atomic mass is 10.1. The van der Waals surface area contributed by atoms with Gasteiger partial charge in [-0.3, -0.25) is 4.90 Å². The molecule has 0 unspecified atom stereocenters. The van der Waals surface area contributed by atoms with Crippen LogP contribution in [-0.4, -0.2) is 62.6 Å². The SMILES string of the molecule is CS(=O)(=O)c1ccc(NC(=S)N2CCN(Cc3ccc4c(c3)OCO4)CC2)cc1. The van der Waals surface area contributed by atoms with Crippen LogP contribution in [0.3, 0.4) is 0 Å². The fourth-order valence-electron chi connectivity index (χ4n) is 3.39. The highest BCUT2D eigenvalue weighted by Crippen LogP contribution is 2.32. The van der Waals surface area contributed by atoms with Crippen molar-refractivity contribution in [3.05, 3.63) is 48.0 Å². The van der Waals surface area contributed by atoms with E-state index >= 15 is 0 Å². The molecule has 0 aliphatic carbocycles. The van der Waals surface area contributed by atoms with Crippen LogP contribution in [0.15, 0.2) is 47.4 Å². The summed E-state index contributed by atoms with van der Waals surface area (Å²) in [5, 5.41) is 3.85. The van der Waals surface area contributed by atoms with Gasteiger partial charge >= 0.3 is 0 Å². The van der Waals surface area contributed by atoms with E-state index in [1.54, 1.807) is 24.3 Å². The number of ether oxygens (including phenoxy) is 2. The summed E-state index contributed by atoms with van der Waals surface area (Å²) in [5.41, 5.74) is 1.99. The van der Waals surface area contributed by atoms with E-state index in [1.807, 2.05) is 12.1 Å². The number of nitrogens with one attached hydrogen (secondary N) is 1. The summed E-state index contributed by atoms with van der Waals surface area (Å²) in [5.74, 6) is 1.62. The Morgan fingerprint density at radius 2 is 1.72 bits per heavy atom. The molecule has 1 fully saturated rings. The minimum Gasteiger partial charge on any atom is -0.454 e. The predicted molar refractivity (Wildman–Crippen MR) is 115 cm³/mol. The summed E-state index contributed by atoms with van der Waals surface area (Å²) < 4.78 is 33.9. The molecule has 0 spiro atoms. The molecule has 1 saturated heterocycles. The van der Waals surface area contributed by atoms with E-state index in [9.17, 15) is 8.42 Å². The second-order valence-electron chi connectivity index (χ2n) is 7.18. The number of sulfone groups is 1. The number of fused-ring (bicyclic) bond motifs is 1. The largest absolute Gasteiger partial charge is 0.454 e. The van der Waals surface area contributed by atoms with Crippen LogP contribution in [0.1, 0.15) is 5.56 Å². The second kappa shape index (κ2) is 8.17. The number of hydrogen-bond acceptors (Lipinski definition) is 6. The highest BCUT2D eigenvalue weighted by atomic mass is 32.2. The number of hydrogen-bond donors (Lipinski definition) is 1. The molecule has 0 aromatic heterocycles. The molecule has 154 valence electrons. The van der Waals surface area contributed by atoms with Crippen molar-refractivity contribution in [1.82, 2.24) is 9.80 Å². The molecule has 0 amide bonds. The van der Waals surface area contributed by atoms with Crippen LogP contribution >= 0.6 is 12.2 Å². The average molecular weight is 434 g/mol.